The van der Waals surface area contributed by atoms with Crippen LogP contribution in [-0.4, -0.2) is 12.7 Å². The Bertz CT molecular complexity index is 674. The molecule has 1 saturated heterocycles. The molecule has 2 aromatic carbocycles. The summed E-state index contributed by atoms with van der Waals surface area (Å²) in [6, 6.07) is 14.3. The second-order valence-electron chi connectivity index (χ2n) is 5.88. The van der Waals surface area contributed by atoms with Gasteiger partial charge in [0.15, 0.2) is 0 Å². The van der Waals surface area contributed by atoms with Crippen LogP contribution in [0.5, 0.6) is 5.75 Å². The average molecular weight is 311 g/mol. The number of benzene rings is 2. The Morgan fingerprint density at radius 1 is 1.17 bits per heavy atom. The Kier molecular flexibility index (Phi) is 4.51. The number of nitrogens with one attached hydrogen (secondary N) is 1. The molecule has 1 aliphatic rings. The largest absolute Gasteiger partial charge is 0.488 e. The molecule has 1 aliphatic heterocycles. The summed E-state index contributed by atoms with van der Waals surface area (Å²) in [5.41, 5.74) is 4.41. The van der Waals surface area contributed by atoms with Crippen molar-refractivity contribution in [3.8, 4) is 5.75 Å². The molecule has 0 radical (unpaired) electrons. The summed E-state index contributed by atoms with van der Waals surface area (Å²) in [6.45, 7) is 5.09. The van der Waals surface area contributed by atoms with Crippen LogP contribution < -0.4 is 10.1 Å². The Balaban J connectivity index is 1.76. The summed E-state index contributed by atoms with van der Waals surface area (Å²) in [5.74, 6) is 0.913. The van der Waals surface area contributed by atoms with Gasteiger partial charge in [0.1, 0.15) is 12.4 Å². The van der Waals surface area contributed by atoms with E-state index in [4.69, 9.17) is 9.47 Å². The molecule has 1 fully saturated rings. The fourth-order valence-corrected chi connectivity index (χ4v) is 2.92. The monoisotopic (exact) mass is 311 g/mol. The molecule has 0 saturated carbocycles. The highest BCUT2D eigenvalue weighted by Gasteiger charge is 2.22. The highest BCUT2D eigenvalue weighted by molar-refractivity contribution is 5.68. The fourth-order valence-electron chi connectivity index (χ4n) is 2.92. The first-order valence-electron chi connectivity index (χ1n) is 7.84. The van der Waals surface area contributed by atoms with Crippen molar-refractivity contribution < 1.29 is 14.3 Å². The maximum Gasteiger partial charge on any atom is 0.407 e. The van der Waals surface area contributed by atoms with Crippen molar-refractivity contribution in [3.63, 3.8) is 0 Å². The first-order chi connectivity index (χ1) is 11.1. The molecule has 1 amide bonds. The van der Waals surface area contributed by atoms with Crippen LogP contribution in [0.25, 0.3) is 0 Å². The number of carbonyl (C=O) groups excluding carboxylic acids is 1. The van der Waals surface area contributed by atoms with E-state index in [0.717, 1.165) is 34.4 Å². The van der Waals surface area contributed by atoms with Crippen molar-refractivity contribution in [2.75, 3.05) is 6.61 Å². The van der Waals surface area contributed by atoms with E-state index < -0.39 is 0 Å². The molecule has 3 rings (SSSR count). The summed E-state index contributed by atoms with van der Waals surface area (Å²) >= 11 is 0. The fraction of sp³-hybridized carbons (Fsp3) is 0.316. The quantitative estimate of drug-likeness (QED) is 0.926. The lowest BCUT2D eigenvalue weighted by Gasteiger charge is -2.25. The second kappa shape index (κ2) is 6.73. The zero-order valence-corrected chi connectivity index (χ0v) is 13.5. The number of hydrogen-bond acceptors (Lipinski definition) is 3. The highest BCUT2D eigenvalue weighted by atomic mass is 16.5. The molecule has 2 aromatic rings. The van der Waals surface area contributed by atoms with E-state index in [1.165, 1.54) is 0 Å². The zero-order valence-electron chi connectivity index (χ0n) is 13.5. The SMILES string of the molecule is Cc1cc([C@H]2CCOC(=O)N2)cc(C)c1OCc1ccccc1. The molecule has 1 atom stereocenters. The Morgan fingerprint density at radius 2 is 1.87 bits per heavy atom. The topological polar surface area (TPSA) is 47.6 Å². The van der Waals surface area contributed by atoms with Gasteiger partial charge in [0.05, 0.1) is 12.6 Å². The van der Waals surface area contributed by atoms with Gasteiger partial charge in [-0.25, -0.2) is 4.79 Å². The highest BCUT2D eigenvalue weighted by Crippen LogP contribution is 2.30. The number of aryl methyl sites for hydroxylation is 2. The van der Waals surface area contributed by atoms with Gasteiger partial charge in [0.2, 0.25) is 0 Å². The number of ether oxygens (including phenoxy) is 2. The van der Waals surface area contributed by atoms with Crippen molar-refractivity contribution in [2.24, 2.45) is 0 Å². The van der Waals surface area contributed by atoms with Gasteiger partial charge in [-0.1, -0.05) is 42.5 Å². The minimum atomic E-state index is -0.346. The van der Waals surface area contributed by atoms with Gasteiger partial charge >= 0.3 is 6.09 Å². The summed E-state index contributed by atoms with van der Waals surface area (Å²) < 4.78 is 10.9. The molecule has 0 unspecified atom stereocenters. The molecule has 1 heterocycles. The third-order valence-corrected chi connectivity index (χ3v) is 4.04. The van der Waals surface area contributed by atoms with Crippen LogP contribution in [0.3, 0.4) is 0 Å². The molecule has 4 nitrogen and oxygen atoms in total. The molecule has 0 aliphatic carbocycles. The normalized spacial score (nSPS) is 17.3. The number of carbonyl (C=O) groups is 1. The van der Waals surface area contributed by atoms with Gasteiger partial charge in [-0.2, -0.15) is 0 Å². The standard InChI is InChI=1S/C19H21NO3/c1-13-10-16(17-8-9-22-19(21)20-17)11-14(2)18(13)23-12-15-6-4-3-5-7-15/h3-7,10-11,17H,8-9,12H2,1-2H3,(H,20,21)/t17-/m1/s1. The third-order valence-electron chi connectivity index (χ3n) is 4.04. The second-order valence-corrected chi connectivity index (χ2v) is 5.88. The summed E-state index contributed by atoms with van der Waals surface area (Å²) in [6.07, 6.45) is 0.440. The van der Waals surface area contributed by atoms with Crippen LogP contribution in [0.4, 0.5) is 4.79 Å². The number of amides is 1. The van der Waals surface area contributed by atoms with Crippen LogP contribution in [-0.2, 0) is 11.3 Å². The Hall–Kier alpha value is -2.49. The average Bonchev–Trinajstić information content (AvgIpc) is 2.55. The molecular formula is C19H21NO3. The molecule has 0 spiro atoms. The molecule has 0 bridgehead atoms. The zero-order chi connectivity index (χ0) is 16.2. The summed E-state index contributed by atoms with van der Waals surface area (Å²) in [5, 5.41) is 2.86. The van der Waals surface area contributed by atoms with Gasteiger partial charge in [-0.3, -0.25) is 0 Å². The van der Waals surface area contributed by atoms with E-state index in [1.807, 2.05) is 32.0 Å². The van der Waals surface area contributed by atoms with Crippen LogP contribution in [0.15, 0.2) is 42.5 Å². The van der Waals surface area contributed by atoms with E-state index >= 15 is 0 Å². The minimum Gasteiger partial charge on any atom is -0.488 e. The molecule has 120 valence electrons. The van der Waals surface area contributed by atoms with Crippen molar-refractivity contribution in [1.82, 2.24) is 5.32 Å². The van der Waals surface area contributed by atoms with Gasteiger partial charge in [-0.05, 0) is 36.1 Å². The van der Waals surface area contributed by atoms with Crippen LogP contribution in [0, 0.1) is 13.8 Å². The van der Waals surface area contributed by atoms with Crippen LogP contribution in [0.1, 0.15) is 34.7 Å². The van der Waals surface area contributed by atoms with Gasteiger partial charge in [0.25, 0.3) is 0 Å². The number of cyclic esters (lactones) is 1. The number of rotatable bonds is 4. The van der Waals surface area contributed by atoms with Crippen molar-refractivity contribution in [3.05, 3.63) is 64.7 Å². The lowest BCUT2D eigenvalue weighted by Crippen LogP contribution is -2.35. The van der Waals surface area contributed by atoms with Gasteiger partial charge in [0, 0.05) is 6.42 Å². The van der Waals surface area contributed by atoms with Crippen LogP contribution >= 0.6 is 0 Å². The van der Waals surface area contributed by atoms with E-state index in [2.05, 4.69) is 29.6 Å². The molecular weight excluding hydrogens is 290 g/mol. The van der Waals surface area contributed by atoms with Crippen molar-refractivity contribution >= 4 is 6.09 Å². The first-order valence-corrected chi connectivity index (χ1v) is 7.84. The maximum atomic E-state index is 11.4. The number of alkyl carbamates (subject to hydrolysis) is 1. The van der Waals surface area contributed by atoms with Crippen molar-refractivity contribution in [1.29, 1.82) is 0 Å². The minimum absolute atomic E-state index is 0.0109. The molecule has 4 heteroatoms. The van der Waals surface area contributed by atoms with E-state index in [1.54, 1.807) is 0 Å². The van der Waals surface area contributed by atoms with E-state index in [-0.39, 0.29) is 12.1 Å². The van der Waals surface area contributed by atoms with E-state index in [9.17, 15) is 4.79 Å². The lowest BCUT2D eigenvalue weighted by molar-refractivity contribution is 0.115. The number of hydrogen-bond donors (Lipinski definition) is 1. The maximum absolute atomic E-state index is 11.4. The molecule has 23 heavy (non-hydrogen) atoms. The Labute approximate surface area is 136 Å². The predicted octanol–water partition coefficient (Wildman–Crippen LogP) is 4.05. The third kappa shape index (κ3) is 3.65. The van der Waals surface area contributed by atoms with Gasteiger partial charge in [-0.15, -0.1) is 0 Å². The van der Waals surface area contributed by atoms with Crippen LogP contribution in [0.2, 0.25) is 0 Å². The molecule has 1 N–H and O–H groups in total. The van der Waals surface area contributed by atoms with Crippen molar-refractivity contribution in [2.45, 2.75) is 32.9 Å². The summed E-state index contributed by atoms with van der Waals surface area (Å²) in [7, 11) is 0. The molecule has 0 aromatic heterocycles. The summed E-state index contributed by atoms with van der Waals surface area (Å²) in [4.78, 5) is 11.4. The smallest absolute Gasteiger partial charge is 0.407 e. The van der Waals surface area contributed by atoms with E-state index in [0.29, 0.717) is 13.2 Å². The lowest BCUT2D eigenvalue weighted by atomic mass is 9.98. The first kappa shape index (κ1) is 15.4. The Morgan fingerprint density at radius 3 is 2.52 bits per heavy atom. The van der Waals surface area contributed by atoms with Gasteiger partial charge < -0.3 is 14.8 Å². The predicted molar refractivity (Wildman–Crippen MR) is 88.5 cm³/mol.